The van der Waals surface area contributed by atoms with Crippen molar-refractivity contribution >= 4 is 34.1 Å². The van der Waals surface area contributed by atoms with Crippen LogP contribution in [-0.2, 0) is 0 Å². The SMILES string of the molecule is CC.CC.CC.CC.CC.CC.CC.CC.CC.c1ccc(N(c2ccccc2)c2ccc(-c3ccc(-c4ccc(N(c5ccccc5)c5ccccc5)cc4)cc3)cc2)cc1. The Morgan fingerprint density at radius 1 is 0.161 bits per heavy atom. The summed E-state index contributed by atoms with van der Waals surface area (Å²) in [7, 11) is 0. The zero-order chi connectivity index (χ0) is 47.6. The number of para-hydroxylation sites is 4. The topological polar surface area (TPSA) is 6.48 Å². The van der Waals surface area contributed by atoms with E-state index in [4.69, 9.17) is 0 Å². The van der Waals surface area contributed by atoms with E-state index in [2.05, 4.69) is 204 Å². The van der Waals surface area contributed by atoms with Crippen molar-refractivity contribution in [3.63, 3.8) is 0 Å². The Hall–Kier alpha value is -5.86. The lowest BCUT2D eigenvalue weighted by atomic mass is 9.99. The summed E-state index contributed by atoms with van der Waals surface area (Å²) in [6.07, 6.45) is 0. The van der Waals surface area contributed by atoms with Crippen LogP contribution in [0.4, 0.5) is 34.1 Å². The van der Waals surface area contributed by atoms with Gasteiger partial charge in [0.2, 0.25) is 0 Å². The Balaban J connectivity index is -0.00000173. The minimum atomic E-state index is 1.13. The van der Waals surface area contributed by atoms with Gasteiger partial charge in [-0.3, -0.25) is 0 Å². The van der Waals surface area contributed by atoms with Gasteiger partial charge in [0.25, 0.3) is 0 Å². The molecule has 0 bridgehead atoms. The van der Waals surface area contributed by atoms with Crippen molar-refractivity contribution < 1.29 is 0 Å². The highest BCUT2D eigenvalue weighted by Gasteiger charge is 2.13. The fourth-order valence-corrected chi connectivity index (χ4v) is 5.66. The van der Waals surface area contributed by atoms with E-state index in [-0.39, 0.29) is 0 Å². The van der Waals surface area contributed by atoms with Gasteiger partial charge in [0, 0.05) is 34.1 Å². The highest BCUT2D eigenvalue weighted by Crippen LogP contribution is 2.37. The summed E-state index contributed by atoms with van der Waals surface area (Å²) >= 11 is 0. The monoisotopic (exact) mass is 835 g/mol. The zero-order valence-corrected chi connectivity index (χ0v) is 42.4. The molecule has 0 saturated heterocycles. The van der Waals surface area contributed by atoms with Gasteiger partial charge in [-0.15, -0.1) is 0 Å². The first-order chi connectivity index (χ1) is 30.8. The first-order valence-corrected chi connectivity index (χ1v) is 23.9. The molecule has 0 aliphatic heterocycles. The van der Waals surface area contributed by atoms with Gasteiger partial charge in [-0.05, 0) is 95.1 Å². The molecule has 0 radical (unpaired) electrons. The lowest BCUT2D eigenvalue weighted by molar-refractivity contribution is 1.28. The molecule has 2 heteroatoms. The zero-order valence-electron chi connectivity index (χ0n) is 42.4. The number of nitrogens with zero attached hydrogens (tertiary/aromatic N) is 2. The van der Waals surface area contributed by atoms with Crippen LogP contribution in [0.3, 0.4) is 0 Å². The molecule has 0 unspecified atom stereocenters. The molecule has 62 heavy (non-hydrogen) atoms. The summed E-state index contributed by atoms with van der Waals surface area (Å²) in [5, 5.41) is 0. The minimum Gasteiger partial charge on any atom is -0.311 e. The molecule has 7 rings (SSSR count). The Morgan fingerprint density at radius 2 is 0.290 bits per heavy atom. The van der Waals surface area contributed by atoms with Gasteiger partial charge in [-0.2, -0.15) is 0 Å². The summed E-state index contributed by atoms with van der Waals surface area (Å²) in [5.74, 6) is 0. The van der Waals surface area contributed by atoms with E-state index in [9.17, 15) is 0 Å². The quantitative estimate of drug-likeness (QED) is 0.150. The molecule has 0 aliphatic carbocycles. The maximum atomic E-state index is 2.28. The van der Waals surface area contributed by atoms with E-state index in [1.165, 1.54) is 22.3 Å². The molecule has 2 nitrogen and oxygen atoms in total. The number of hydrogen-bond donors (Lipinski definition) is 0. The van der Waals surface area contributed by atoms with Crippen LogP contribution in [0, 0.1) is 0 Å². The van der Waals surface area contributed by atoms with Crippen molar-refractivity contribution in [3.05, 3.63) is 194 Å². The van der Waals surface area contributed by atoms with Gasteiger partial charge >= 0.3 is 0 Å². The third-order valence-electron chi connectivity index (χ3n) is 7.86. The van der Waals surface area contributed by atoms with Crippen LogP contribution in [0.2, 0.25) is 0 Å². The summed E-state index contributed by atoms with van der Waals surface area (Å²) in [5.41, 5.74) is 11.6. The predicted molar refractivity (Wildman–Crippen MR) is 289 cm³/mol. The van der Waals surface area contributed by atoms with Gasteiger partial charge in [0.1, 0.15) is 0 Å². The maximum absolute atomic E-state index is 2.28. The van der Waals surface area contributed by atoms with Crippen LogP contribution in [0.1, 0.15) is 125 Å². The molecule has 0 saturated carbocycles. The smallest absolute Gasteiger partial charge is 0.0462 e. The number of rotatable bonds is 8. The van der Waals surface area contributed by atoms with Gasteiger partial charge in [0.05, 0.1) is 0 Å². The Bertz CT molecular complexity index is 1680. The molecular weight excluding hydrogens is 749 g/mol. The predicted octanol–water partition coefficient (Wildman–Crippen LogP) is 21.2. The Kier molecular flexibility index (Phi) is 40.8. The summed E-state index contributed by atoms with van der Waals surface area (Å²) in [4.78, 5) is 4.57. The largest absolute Gasteiger partial charge is 0.311 e. The lowest BCUT2D eigenvalue weighted by Gasteiger charge is -2.25. The van der Waals surface area contributed by atoms with Crippen molar-refractivity contribution in [2.24, 2.45) is 0 Å². The second-order valence-corrected chi connectivity index (χ2v) is 10.7. The van der Waals surface area contributed by atoms with Gasteiger partial charge in [-0.1, -0.05) is 246 Å². The molecule has 0 aromatic heterocycles. The Labute approximate surface area is 383 Å². The van der Waals surface area contributed by atoms with Crippen LogP contribution in [0.15, 0.2) is 194 Å². The molecular formula is C60H86N2. The van der Waals surface area contributed by atoms with Crippen molar-refractivity contribution in [3.8, 4) is 22.3 Å². The molecule has 0 N–H and O–H groups in total. The van der Waals surface area contributed by atoms with E-state index in [0.29, 0.717) is 0 Å². The second kappa shape index (κ2) is 41.9. The van der Waals surface area contributed by atoms with Gasteiger partial charge in [0.15, 0.2) is 0 Å². The molecule has 0 fully saturated rings. The first kappa shape index (κ1) is 60.4. The van der Waals surface area contributed by atoms with Crippen LogP contribution in [0.25, 0.3) is 22.3 Å². The lowest BCUT2D eigenvalue weighted by Crippen LogP contribution is -2.09. The van der Waals surface area contributed by atoms with Crippen LogP contribution in [0.5, 0.6) is 0 Å². The van der Waals surface area contributed by atoms with Crippen LogP contribution in [-0.4, -0.2) is 0 Å². The first-order valence-electron chi connectivity index (χ1n) is 23.9. The van der Waals surface area contributed by atoms with Crippen LogP contribution < -0.4 is 9.80 Å². The summed E-state index contributed by atoms with van der Waals surface area (Å²) < 4.78 is 0. The molecule has 0 atom stereocenters. The molecule has 7 aromatic carbocycles. The number of benzene rings is 7. The van der Waals surface area contributed by atoms with E-state index in [1.54, 1.807) is 0 Å². The van der Waals surface area contributed by atoms with E-state index in [1.807, 2.05) is 125 Å². The van der Waals surface area contributed by atoms with Crippen LogP contribution >= 0.6 is 0 Å². The standard InChI is InChI=1S/C42H32N2.9C2H6/c1-5-13-37(14-6-1)43(38-15-7-2-8-16-38)41-29-25-35(26-30-41)33-21-23-34(24-22-33)36-27-31-42(32-28-36)44(39-17-9-3-10-18-39)40-19-11-4-12-20-40;9*1-2/h1-32H;9*1-2H3. The molecule has 0 amide bonds. The third-order valence-corrected chi connectivity index (χ3v) is 7.86. The normalized spacial score (nSPS) is 8.48. The highest BCUT2D eigenvalue weighted by molar-refractivity contribution is 5.80. The third kappa shape index (κ3) is 19.7. The van der Waals surface area contributed by atoms with E-state index >= 15 is 0 Å². The molecule has 0 spiro atoms. The van der Waals surface area contributed by atoms with Crippen molar-refractivity contribution in [1.29, 1.82) is 0 Å². The molecule has 0 heterocycles. The molecule has 7 aromatic rings. The number of anilines is 6. The highest BCUT2D eigenvalue weighted by atomic mass is 15.1. The molecule has 0 aliphatic rings. The number of hydrogen-bond acceptors (Lipinski definition) is 2. The average molecular weight is 835 g/mol. The maximum Gasteiger partial charge on any atom is 0.0462 e. The summed E-state index contributed by atoms with van der Waals surface area (Å²) in [6, 6.07) is 68.5. The fraction of sp³-hybridized carbons (Fsp3) is 0.300. The Morgan fingerprint density at radius 3 is 0.452 bits per heavy atom. The second-order valence-electron chi connectivity index (χ2n) is 10.7. The molecule has 336 valence electrons. The summed E-state index contributed by atoms with van der Waals surface area (Å²) in [6.45, 7) is 36.0. The van der Waals surface area contributed by atoms with Crippen molar-refractivity contribution in [1.82, 2.24) is 0 Å². The minimum absolute atomic E-state index is 1.13. The van der Waals surface area contributed by atoms with Crippen molar-refractivity contribution in [2.45, 2.75) is 125 Å². The average Bonchev–Trinajstić information content (AvgIpc) is 3.41. The fourth-order valence-electron chi connectivity index (χ4n) is 5.66. The van der Waals surface area contributed by atoms with Crippen molar-refractivity contribution in [2.75, 3.05) is 9.80 Å². The van der Waals surface area contributed by atoms with E-state index < -0.39 is 0 Å². The van der Waals surface area contributed by atoms with Gasteiger partial charge in [-0.25, -0.2) is 0 Å². The van der Waals surface area contributed by atoms with E-state index in [0.717, 1.165) is 34.1 Å². The van der Waals surface area contributed by atoms with Gasteiger partial charge < -0.3 is 9.80 Å².